The average Bonchev–Trinajstić information content (AvgIpc) is 2.92. The van der Waals surface area contributed by atoms with Crippen molar-refractivity contribution in [2.24, 2.45) is 5.92 Å². The van der Waals surface area contributed by atoms with E-state index in [2.05, 4.69) is 45.0 Å². The van der Waals surface area contributed by atoms with Crippen molar-refractivity contribution >= 4 is 41.1 Å². The van der Waals surface area contributed by atoms with Crippen molar-refractivity contribution in [2.45, 2.75) is 66.0 Å². The number of ether oxygens (including phenoxy) is 1. The van der Waals surface area contributed by atoms with Gasteiger partial charge in [-0.2, -0.15) is 0 Å². The summed E-state index contributed by atoms with van der Waals surface area (Å²) in [6.45, 7) is 10.5. The molecule has 0 heterocycles. The molecule has 0 saturated heterocycles. The Morgan fingerprint density at radius 2 is 1.17 bits per heavy atom. The highest BCUT2D eigenvalue weighted by atomic mass is 32.2. The van der Waals surface area contributed by atoms with E-state index in [1.54, 1.807) is 24.3 Å². The number of carbonyl (C=O) groups excluding carboxylic acids is 3. The minimum atomic E-state index is -0.264. The van der Waals surface area contributed by atoms with Crippen molar-refractivity contribution in [3.05, 3.63) is 113 Å². The predicted molar refractivity (Wildman–Crippen MR) is 165 cm³/mol. The number of rotatable bonds is 7. The normalized spacial score (nSPS) is 12.7. The lowest BCUT2D eigenvalue weighted by Crippen LogP contribution is -2.22. The van der Waals surface area contributed by atoms with Crippen LogP contribution in [0.1, 0.15) is 78.4 Å². The third-order valence-corrected chi connectivity index (χ3v) is 8.94. The lowest BCUT2D eigenvalue weighted by Gasteiger charge is -2.22. The van der Waals surface area contributed by atoms with Crippen molar-refractivity contribution in [1.29, 1.82) is 0 Å². The Bertz CT molecular complexity index is 1630. The molecule has 0 atom stereocenters. The molecule has 0 aromatic heterocycles. The molecule has 0 radical (unpaired) electrons. The van der Waals surface area contributed by atoms with Crippen LogP contribution in [-0.2, 0) is 10.2 Å². The van der Waals surface area contributed by atoms with Gasteiger partial charge < -0.3 is 4.74 Å². The zero-order valence-corrected chi connectivity index (χ0v) is 25.4. The van der Waals surface area contributed by atoms with Crippen LogP contribution in [0.15, 0.2) is 105 Å². The summed E-state index contributed by atoms with van der Waals surface area (Å²) in [5.74, 6) is 0.149. The number of fused-ring (bicyclic) bond motifs is 2. The number of hydrogen-bond donors (Lipinski definition) is 0. The summed E-state index contributed by atoms with van der Waals surface area (Å²) in [6.07, 6.45) is 0.355. The summed E-state index contributed by atoms with van der Waals surface area (Å²) in [5, 5.41) is 0. The zero-order chi connectivity index (χ0) is 29.3. The summed E-state index contributed by atoms with van der Waals surface area (Å²) in [6, 6.07) is 26.5. The quantitative estimate of drug-likeness (QED) is 0.141. The maximum absolute atomic E-state index is 13.9. The molecule has 0 amide bonds. The Labute approximate surface area is 249 Å². The molecule has 0 saturated carbocycles. The molecule has 0 fully saturated rings. The van der Waals surface area contributed by atoms with E-state index in [1.165, 1.54) is 29.1 Å². The molecule has 4 nitrogen and oxygen atoms in total. The fourth-order valence-electron chi connectivity index (χ4n) is 4.71. The van der Waals surface area contributed by atoms with Crippen molar-refractivity contribution in [1.82, 2.24) is 0 Å². The monoisotopic (exact) mass is 580 g/mol. The van der Waals surface area contributed by atoms with Crippen molar-refractivity contribution in [3.63, 3.8) is 0 Å². The maximum Gasteiger partial charge on any atom is 0.311 e. The molecule has 6 heteroatoms. The Hall–Kier alpha value is -3.61. The third kappa shape index (κ3) is 6.34. The standard InChI is InChI=1S/C35H32O4S2/c1-21(2)20-30(36)39-23-14-18-25(19-15-23)41-29-11-7-9-27-32(29)34(38)26-8-6-10-28(31(26)33(27)37)40-24-16-12-22(13-17-24)35(3,4)5/h6-19,21H,20H2,1-5H3. The fourth-order valence-corrected chi connectivity index (χ4v) is 6.66. The highest BCUT2D eigenvalue weighted by Gasteiger charge is 2.33. The summed E-state index contributed by atoms with van der Waals surface area (Å²) in [4.78, 5) is 43.1. The molecule has 0 bridgehead atoms. The Morgan fingerprint density at radius 3 is 1.61 bits per heavy atom. The first kappa shape index (κ1) is 28.9. The van der Waals surface area contributed by atoms with Crippen LogP contribution in [0.5, 0.6) is 5.75 Å². The van der Waals surface area contributed by atoms with Crippen molar-refractivity contribution < 1.29 is 19.1 Å². The summed E-state index contributed by atoms with van der Waals surface area (Å²) < 4.78 is 5.42. The van der Waals surface area contributed by atoms with Gasteiger partial charge in [0.25, 0.3) is 0 Å². The number of ketones is 2. The van der Waals surface area contributed by atoms with E-state index in [-0.39, 0.29) is 28.9 Å². The van der Waals surface area contributed by atoms with E-state index in [4.69, 9.17) is 4.74 Å². The first-order chi connectivity index (χ1) is 19.5. The summed E-state index contributed by atoms with van der Waals surface area (Å²) >= 11 is 2.92. The number of carbonyl (C=O) groups is 3. The van der Waals surface area contributed by atoms with Crippen molar-refractivity contribution in [2.75, 3.05) is 0 Å². The molecule has 5 rings (SSSR count). The Kier molecular flexibility index (Phi) is 8.25. The molecule has 0 aliphatic heterocycles. The van der Waals surface area contributed by atoms with E-state index in [1.807, 2.05) is 50.2 Å². The molecule has 1 aliphatic carbocycles. The van der Waals surface area contributed by atoms with Gasteiger partial charge in [-0.1, -0.05) is 94.5 Å². The predicted octanol–water partition coefficient (Wildman–Crippen LogP) is 9.01. The van der Waals surface area contributed by atoms with Crippen LogP contribution < -0.4 is 4.74 Å². The second-order valence-electron chi connectivity index (χ2n) is 11.5. The van der Waals surface area contributed by atoms with Crippen molar-refractivity contribution in [3.8, 4) is 5.75 Å². The van der Waals surface area contributed by atoms with E-state index in [0.29, 0.717) is 39.3 Å². The summed E-state index contributed by atoms with van der Waals surface area (Å²) in [7, 11) is 0. The van der Waals surface area contributed by atoms with Crippen LogP contribution in [0.2, 0.25) is 0 Å². The zero-order valence-electron chi connectivity index (χ0n) is 23.8. The van der Waals surface area contributed by atoms with Crippen LogP contribution in [0.25, 0.3) is 0 Å². The maximum atomic E-state index is 13.9. The smallest absolute Gasteiger partial charge is 0.311 e. The molecular weight excluding hydrogens is 549 g/mol. The SMILES string of the molecule is CC(C)CC(=O)Oc1ccc(Sc2cccc3c2C(=O)c2cccc(Sc4ccc(C(C)(C)C)cc4)c2C3=O)cc1. The Balaban J connectivity index is 1.40. The first-order valence-corrected chi connectivity index (χ1v) is 15.3. The Morgan fingerprint density at radius 1 is 0.707 bits per heavy atom. The van der Waals surface area contributed by atoms with Gasteiger partial charge in [-0.3, -0.25) is 14.4 Å². The van der Waals surface area contributed by atoms with Crippen LogP contribution in [0.4, 0.5) is 0 Å². The highest BCUT2D eigenvalue weighted by Crippen LogP contribution is 2.41. The molecule has 1 aliphatic rings. The molecule has 0 N–H and O–H groups in total. The van der Waals surface area contributed by atoms with Gasteiger partial charge >= 0.3 is 5.97 Å². The summed E-state index contributed by atoms with van der Waals surface area (Å²) in [5.41, 5.74) is 3.04. The van der Waals surface area contributed by atoms with Gasteiger partial charge in [0.1, 0.15) is 5.75 Å². The number of esters is 1. The second kappa shape index (κ2) is 11.7. The van der Waals surface area contributed by atoms with Crippen LogP contribution in [0.3, 0.4) is 0 Å². The fraction of sp³-hybridized carbons (Fsp3) is 0.229. The van der Waals surface area contributed by atoms with Gasteiger partial charge in [0.05, 0.1) is 0 Å². The topological polar surface area (TPSA) is 60.4 Å². The van der Waals surface area contributed by atoms with E-state index in [0.717, 1.165) is 14.7 Å². The lowest BCUT2D eigenvalue weighted by molar-refractivity contribution is -0.135. The first-order valence-electron chi connectivity index (χ1n) is 13.6. The number of benzene rings is 4. The van der Waals surface area contributed by atoms with Gasteiger partial charge in [-0.25, -0.2) is 0 Å². The van der Waals surface area contributed by atoms with Crippen LogP contribution in [0, 0.1) is 5.92 Å². The molecular formula is C35H32O4S2. The minimum absolute atomic E-state index is 0.0548. The second-order valence-corrected chi connectivity index (χ2v) is 13.8. The van der Waals surface area contributed by atoms with E-state index >= 15 is 0 Å². The van der Waals surface area contributed by atoms with Gasteiger partial charge in [-0.05, 0) is 65.4 Å². The lowest BCUT2D eigenvalue weighted by atomic mass is 9.84. The van der Waals surface area contributed by atoms with Gasteiger partial charge in [0.2, 0.25) is 0 Å². The largest absolute Gasteiger partial charge is 0.427 e. The average molecular weight is 581 g/mol. The molecule has 4 aromatic carbocycles. The molecule has 4 aromatic rings. The number of hydrogen-bond acceptors (Lipinski definition) is 6. The van der Waals surface area contributed by atoms with Crippen LogP contribution in [-0.4, -0.2) is 17.5 Å². The van der Waals surface area contributed by atoms with E-state index < -0.39 is 0 Å². The van der Waals surface area contributed by atoms with E-state index in [9.17, 15) is 14.4 Å². The molecule has 0 unspecified atom stereocenters. The van der Waals surface area contributed by atoms with Gasteiger partial charge in [-0.15, -0.1) is 0 Å². The molecule has 0 spiro atoms. The third-order valence-electron chi connectivity index (χ3n) is 6.80. The molecule has 41 heavy (non-hydrogen) atoms. The van der Waals surface area contributed by atoms with Gasteiger partial charge in [0, 0.05) is 48.3 Å². The highest BCUT2D eigenvalue weighted by molar-refractivity contribution is 7.99. The van der Waals surface area contributed by atoms with Gasteiger partial charge in [0.15, 0.2) is 11.6 Å². The minimum Gasteiger partial charge on any atom is -0.427 e. The molecule has 208 valence electrons. The van der Waals surface area contributed by atoms with Crippen LogP contribution >= 0.6 is 23.5 Å².